The minimum absolute atomic E-state index is 0.0338. The highest BCUT2D eigenvalue weighted by molar-refractivity contribution is 6.32. The van der Waals surface area contributed by atoms with E-state index in [0.717, 1.165) is 25.0 Å². The van der Waals surface area contributed by atoms with Crippen LogP contribution in [-0.2, 0) is 15.7 Å². The molecule has 0 aliphatic carbocycles. The molecule has 4 aromatic carbocycles. The van der Waals surface area contributed by atoms with Crippen molar-refractivity contribution in [3.05, 3.63) is 100 Å². The quantitative estimate of drug-likeness (QED) is 0.129. The Morgan fingerprint density at radius 3 is 2.51 bits per heavy atom. The van der Waals surface area contributed by atoms with Crippen LogP contribution in [0.25, 0.3) is 22.0 Å². The Morgan fingerprint density at radius 1 is 1.02 bits per heavy atom. The highest BCUT2D eigenvalue weighted by Gasteiger charge is 2.33. The van der Waals surface area contributed by atoms with E-state index in [0.29, 0.717) is 30.7 Å². The zero-order valence-electron chi connectivity index (χ0n) is 25.5. The van der Waals surface area contributed by atoms with Crippen LogP contribution in [-0.4, -0.2) is 35.4 Å². The summed E-state index contributed by atoms with van der Waals surface area (Å²) in [6, 6.07) is 12.4. The number of hydrogen-bond acceptors (Lipinski definition) is 7. The summed E-state index contributed by atoms with van der Waals surface area (Å²) in [4.78, 5) is 26.5. The van der Waals surface area contributed by atoms with Crippen molar-refractivity contribution in [2.75, 3.05) is 24.8 Å². The van der Waals surface area contributed by atoms with Crippen molar-refractivity contribution >= 4 is 45.9 Å². The Morgan fingerprint density at radius 2 is 1.80 bits per heavy atom. The van der Waals surface area contributed by atoms with Crippen LogP contribution in [0.5, 0.6) is 11.5 Å². The number of nitrogens with two attached hydrogens (primary N) is 1. The Labute approximate surface area is 280 Å². The van der Waals surface area contributed by atoms with Gasteiger partial charge in [-0.3, -0.25) is 4.79 Å². The second kappa shape index (κ2) is 13.4. The number of anilines is 2. The number of fused-ring (bicyclic) bond motifs is 1. The van der Waals surface area contributed by atoms with Gasteiger partial charge in [0.1, 0.15) is 17.4 Å². The highest BCUT2D eigenvalue weighted by atomic mass is 35.5. The van der Waals surface area contributed by atoms with E-state index in [-0.39, 0.29) is 56.1 Å². The summed E-state index contributed by atoms with van der Waals surface area (Å²) in [5, 5.41) is 7.07. The van der Waals surface area contributed by atoms with Gasteiger partial charge in [-0.25, -0.2) is 18.3 Å². The SMILES string of the molecule is COC(=O)c1ccccc1-c1cc(NC(=O)c2cc(F)cc(C(F)(F)F)c2)c(Oc2cc(F)ccc2Cl)c2c(N)nn(C3CCCCO3)c12. The molecule has 1 fully saturated rings. The van der Waals surface area contributed by atoms with Crippen molar-refractivity contribution in [3.8, 4) is 22.6 Å². The molecule has 5 aromatic rings. The molecule has 6 rings (SSSR count). The van der Waals surface area contributed by atoms with Gasteiger partial charge in [-0.15, -0.1) is 0 Å². The molecule has 1 aromatic heterocycles. The van der Waals surface area contributed by atoms with Crippen molar-refractivity contribution in [2.45, 2.75) is 31.7 Å². The second-order valence-corrected chi connectivity index (χ2v) is 11.5. The molecule has 0 radical (unpaired) electrons. The zero-order chi connectivity index (χ0) is 35.0. The summed E-state index contributed by atoms with van der Waals surface area (Å²) < 4.78 is 88.0. The van der Waals surface area contributed by atoms with Gasteiger partial charge in [0.05, 0.1) is 39.8 Å². The van der Waals surface area contributed by atoms with Gasteiger partial charge in [0.25, 0.3) is 5.91 Å². The summed E-state index contributed by atoms with van der Waals surface area (Å²) in [5.74, 6) is -4.44. The molecule has 1 aliphatic heterocycles. The standard InChI is InChI=1S/C34H26ClF5N4O5/c1-47-33(46)22-7-3-2-6-21(22)23-16-25(42-32(45)17-12-18(34(38,39)40)14-20(37)13-17)30(49-26-15-19(36)9-10-24(26)35)28-29(23)44(43-31(28)41)27-8-4-5-11-48-27/h2-3,6-7,9-10,12-16,27H,4-5,8,11H2,1H3,(H2,41,43)(H,42,45). The fourth-order valence-electron chi connectivity index (χ4n) is 5.63. The van der Waals surface area contributed by atoms with Crippen molar-refractivity contribution in [1.29, 1.82) is 0 Å². The molecule has 1 aliphatic rings. The van der Waals surface area contributed by atoms with Crippen molar-refractivity contribution in [3.63, 3.8) is 0 Å². The van der Waals surface area contributed by atoms with Crippen LogP contribution < -0.4 is 15.8 Å². The maximum atomic E-state index is 14.4. The van der Waals surface area contributed by atoms with E-state index in [4.69, 9.17) is 31.5 Å². The number of amides is 1. The molecular weight excluding hydrogens is 675 g/mol. The number of benzene rings is 4. The summed E-state index contributed by atoms with van der Waals surface area (Å²) in [6.45, 7) is 0.421. The third-order valence-electron chi connectivity index (χ3n) is 7.84. The Hall–Kier alpha value is -5.21. The van der Waals surface area contributed by atoms with E-state index >= 15 is 0 Å². The molecule has 1 unspecified atom stereocenters. The van der Waals surface area contributed by atoms with E-state index < -0.39 is 47.0 Å². The molecule has 0 bridgehead atoms. The van der Waals surface area contributed by atoms with Gasteiger partial charge in [-0.2, -0.15) is 18.3 Å². The molecule has 0 spiro atoms. The average Bonchev–Trinajstić information content (AvgIpc) is 3.43. The van der Waals surface area contributed by atoms with Gasteiger partial charge in [-0.1, -0.05) is 29.8 Å². The number of aromatic nitrogens is 2. The van der Waals surface area contributed by atoms with Crippen molar-refractivity contribution in [2.24, 2.45) is 0 Å². The number of methoxy groups -OCH3 is 1. The molecule has 15 heteroatoms. The molecule has 1 amide bonds. The first-order valence-electron chi connectivity index (χ1n) is 14.8. The van der Waals surface area contributed by atoms with Crippen LogP contribution in [0, 0.1) is 11.6 Å². The van der Waals surface area contributed by atoms with Crippen LogP contribution >= 0.6 is 11.6 Å². The fraction of sp³-hybridized carbons (Fsp3) is 0.206. The maximum Gasteiger partial charge on any atom is 0.416 e. The summed E-state index contributed by atoms with van der Waals surface area (Å²) >= 11 is 6.34. The average molecular weight is 701 g/mol. The smallest absolute Gasteiger partial charge is 0.416 e. The largest absolute Gasteiger partial charge is 0.465 e. The number of carbonyl (C=O) groups is 2. The molecule has 1 atom stereocenters. The number of nitrogens with zero attached hydrogens (tertiary/aromatic N) is 2. The van der Waals surface area contributed by atoms with Crippen LogP contribution in [0.4, 0.5) is 33.5 Å². The summed E-state index contributed by atoms with van der Waals surface area (Å²) in [5.41, 5.74) is 5.21. The fourth-order valence-corrected chi connectivity index (χ4v) is 5.78. The van der Waals surface area contributed by atoms with Gasteiger partial charge in [0, 0.05) is 23.8 Å². The number of ether oxygens (including phenoxy) is 3. The molecule has 3 N–H and O–H groups in total. The van der Waals surface area contributed by atoms with E-state index in [9.17, 15) is 31.5 Å². The third kappa shape index (κ3) is 6.74. The Bertz CT molecular complexity index is 2100. The second-order valence-electron chi connectivity index (χ2n) is 11.1. The van der Waals surface area contributed by atoms with Crippen LogP contribution in [0.3, 0.4) is 0 Å². The van der Waals surface area contributed by atoms with E-state index in [1.807, 2.05) is 0 Å². The van der Waals surface area contributed by atoms with Gasteiger partial charge in [0.2, 0.25) is 0 Å². The third-order valence-corrected chi connectivity index (χ3v) is 8.16. The molecule has 49 heavy (non-hydrogen) atoms. The number of hydrogen-bond donors (Lipinski definition) is 2. The first kappa shape index (κ1) is 33.7. The van der Waals surface area contributed by atoms with Crippen LogP contribution in [0.1, 0.15) is 51.8 Å². The number of alkyl halides is 3. The number of rotatable bonds is 7. The first-order chi connectivity index (χ1) is 23.3. The predicted molar refractivity (Wildman–Crippen MR) is 171 cm³/mol. The highest BCUT2D eigenvalue weighted by Crippen LogP contribution is 2.48. The van der Waals surface area contributed by atoms with E-state index in [2.05, 4.69) is 10.4 Å². The zero-order valence-corrected chi connectivity index (χ0v) is 26.3. The van der Waals surface area contributed by atoms with Crippen molar-refractivity contribution in [1.82, 2.24) is 9.78 Å². The molecule has 9 nitrogen and oxygen atoms in total. The number of carbonyl (C=O) groups excluding carboxylic acids is 2. The number of esters is 1. The van der Waals surface area contributed by atoms with Crippen LogP contribution in [0.15, 0.2) is 66.7 Å². The summed E-state index contributed by atoms with van der Waals surface area (Å²) in [7, 11) is 1.20. The monoisotopic (exact) mass is 700 g/mol. The Kier molecular flexibility index (Phi) is 9.18. The number of nitrogens with one attached hydrogen (secondary N) is 1. The molecule has 2 heterocycles. The lowest BCUT2D eigenvalue weighted by molar-refractivity contribution is -0.137. The maximum absolute atomic E-state index is 14.4. The molecule has 1 saturated heterocycles. The lowest BCUT2D eigenvalue weighted by Crippen LogP contribution is -2.19. The van der Waals surface area contributed by atoms with Gasteiger partial charge in [-0.05, 0) is 67.3 Å². The van der Waals surface area contributed by atoms with Gasteiger partial charge < -0.3 is 25.3 Å². The molecule has 0 saturated carbocycles. The molecule has 254 valence electrons. The summed E-state index contributed by atoms with van der Waals surface area (Å²) in [6.07, 6.45) is -3.42. The number of halogens is 6. The van der Waals surface area contributed by atoms with Crippen molar-refractivity contribution < 1.29 is 45.8 Å². The topological polar surface area (TPSA) is 118 Å². The lowest BCUT2D eigenvalue weighted by atomic mass is 9.96. The van der Waals surface area contributed by atoms with E-state index in [1.165, 1.54) is 30.0 Å². The minimum Gasteiger partial charge on any atom is -0.465 e. The Balaban J connectivity index is 1.65. The predicted octanol–water partition coefficient (Wildman–Crippen LogP) is 8.77. The van der Waals surface area contributed by atoms with Gasteiger partial charge >= 0.3 is 12.1 Å². The first-order valence-corrected chi connectivity index (χ1v) is 15.2. The normalized spacial score (nSPS) is 14.9. The van der Waals surface area contributed by atoms with E-state index in [1.54, 1.807) is 18.2 Å². The minimum atomic E-state index is -4.95. The van der Waals surface area contributed by atoms with Gasteiger partial charge in [0.15, 0.2) is 17.8 Å². The number of nitrogen functional groups attached to an aromatic ring is 1. The lowest BCUT2D eigenvalue weighted by Gasteiger charge is -2.25. The molecular formula is C34H26ClF5N4O5. The van der Waals surface area contributed by atoms with Crippen LogP contribution in [0.2, 0.25) is 5.02 Å².